The SMILES string of the molecule is Cc1cc(C(=O)O)ccc1OC(C)C#N. The quantitative estimate of drug-likeness (QED) is 0.819. The lowest BCUT2D eigenvalue weighted by Crippen LogP contribution is -2.09. The molecule has 0 spiro atoms. The van der Waals surface area contributed by atoms with Crippen LogP contribution in [0.4, 0.5) is 0 Å². The first kappa shape index (κ1) is 11.1. The Labute approximate surface area is 87.7 Å². The number of aryl methyl sites for hydroxylation is 1. The second-order valence-corrected chi connectivity index (χ2v) is 3.17. The van der Waals surface area contributed by atoms with Gasteiger partial charge < -0.3 is 9.84 Å². The fraction of sp³-hybridized carbons (Fsp3) is 0.273. The molecule has 1 atom stereocenters. The van der Waals surface area contributed by atoms with Gasteiger partial charge in [0.2, 0.25) is 0 Å². The van der Waals surface area contributed by atoms with Crippen molar-refractivity contribution in [2.45, 2.75) is 20.0 Å². The molecule has 0 amide bonds. The second kappa shape index (κ2) is 4.47. The van der Waals surface area contributed by atoms with Gasteiger partial charge in [-0.15, -0.1) is 0 Å². The van der Waals surface area contributed by atoms with Crippen molar-refractivity contribution in [1.29, 1.82) is 5.26 Å². The Bertz CT molecular complexity index is 420. The largest absolute Gasteiger partial charge is 0.478 e. The van der Waals surface area contributed by atoms with Crippen LogP contribution >= 0.6 is 0 Å². The molecule has 78 valence electrons. The Kier molecular flexibility index (Phi) is 3.29. The molecule has 15 heavy (non-hydrogen) atoms. The first-order chi connectivity index (χ1) is 7.04. The lowest BCUT2D eigenvalue weighted by atomic mass is 10.1. The molecule has 4 heteroatoms. The summed E-state index contributed by atoms with van der Waals surface area (Å²) in [5.74, 6) is -0.438. The number of hydrogen-bond donors (Lipinski definition) is 1. The number of benzene rings is 1. The van der Waals surface area contributed by atoms with E-state index in [1.165, 1.54) is 12.1 Å². The number of carbonyl (C=O) groups is 1. The Morgan fingerprint density at radius 2 is 2.27 bits per heavy atom. The monoisotopic (exact) mass is 205 g/mol. The van der Waals surface area contributed by atoms with Crippen LogP contribution in [-0.4, -0.2) is 17.2 Å². The number of carboxylic acids is 1. The van der Waals surface area contributed by atoms with Crippen LogP contribution in [-0.2, 0) is 0 Å². The number of rotatable bonds is 3. The van der Waals surface area contributed by atoms with Crippen molar-refractivity contribution in [3.8, 4) is 11.8 Å². The topological polar surface area (TPSA) is 70.3 Å². The lowest BCUT2D eigenvalue weighted by molar-refractivity contribution is 0.0696. The highest BCUT2D eigenvalue weighted by atomic mass is 16.5. The van der Waals surface area contributed by atoms with Crippen LogP contribution in [0.5, 0.6) is 5.75 Å². The second-order valence-electron chi connectivity index (χ2n) is 3.17. The van der Waals surface area contributed by atoms with Crippen LogP contribution in [0.3, 0.4) is 0 Å². The summed E-state index contributed by atoms with van der Waals surface area (Å²) >= 11 is 0. The van der Waals surface area contributed by atoms with Crippen LogP contribution < -0.4 is 4.74 Å². The average molecular weight is 205 g/mol. The van der Waals surface area contributed by atoms with E-state index in [9.17, 15) is 4.79 Å². The van der Waals surface area contributed by atoms with Gasteiger partial charge in [-0.05, 0) is 37.6 Å². The maximum atomic E-state index is 10.6. The average Bonchev–Trinajstić information content (AvgIpc) is 2.20. The van der Waals surface area contributed by atoms with E-state index in [0.29, 0.717) is 11.3 Å². The summed E-state index contributed by atoms with van der Waals surface area (Å²) in [5, 5.41) is 17.3. The molecule has 0 aliphatic rings. The molecule has 0 heterocycles. The molecule has 0 aliphatic carbocycles. The van der Waals surface area contributed by atoms with Crippen LogP contribution in [0.2, 0.25) is 0 Å². The van der Waals surface area contributed by atoms with E-state index in [1.807, 2.05) is 6.07 Å². The summed E-state index contributed by atoms with van der Waals surface area (Å²) in [6.45, 7) is 3.37. The highest BCUT2D eigenvalue weighted by molar-refractivity contribution is 5.88. The third kappa shape index (κ3) is 2.71. The maximum absolute atomic E-state index is 10.6. The first-order valence-corrected chi connectivity index (χ1v) is 4.45. The zero-order valence-corrected chi connectivity index (χ0v) is 8.52. The molecular formula is C11H11NO3. The van der Waals surface area contributed by atoms with Gasteiger partial charge in [0.25, 0.3) is 0 Å². The van der Waals surface area contributed by atoms with Gasteiger partial charge in [0.1, 0.15) is 11.8 Å². The first-order valence-electron chi connectivity index (χ1n) is 4.45. The van der Waals surface area contributed by atoms with Crippen LogP contribution in [0, 0.1) is 18.3 Å². The number of ether oxygens (including phenoxy) is 1. The predicted molar refractivity (Wildman–Crippen MR) is 53.8 cm³/mol. The lowest BCUT2D eigenvalue weighted by Gasteiger charge is -2.10. The van der Waals surface area contributed by atoms with Crippen LogP contribution in [0.15, 0.2) is 18.2 Å². The van der Waals surface area contributed by atoms with Gasteiger partial charge in [-0.3, -0.25) is 0 Å². The van der Waals surface area contributed by atoms with E-state index >= 15 is 0 Å². The van der Waals surface area contributed by atoms with Gasteiger partial charge in [-0.25, -0.2) is 4.79 Å². The predicted octanol–water partition coefficient (Wildman–Crippen LogP) is 1.98. The normalized spacial score (nSPS) is 11.5. The van der Waals surface area contributed by atoms with Crippen molar-refractivity contribution in [2.24, 2.45) is 0 Å². The third-order valence-electron chi connectivity index (χ3n) is 1.91. The summed E-state index contributed by atoms with van der Waals surface area (Å²) in [7, 11) is 0. The van der Waals surface area contributed by atoms with E-state index < -0.39 is 12.1 Å². The molecule has 1 aromatic carbocycles. The summed E-state index contributed by atoms with van der Waals surface area (Å²) in [6, 6.07) is 6.47. The molecule has 1 N–H and O–H groups in total. The summed E-state index contributed by atoms with van der Waals surface area (Å²) in [5.41, 5.74) is 0.918. The van der Waals surface area contributed by atoms with Crippen molar-refractivity contribution >= 4 is 5.97 Å². The van der Waals surface area contributed by atoms with Gasteiger partial charge in [-0.2, -0.15) is 5.26 Å². The third-order valence-corrected chi connectivity index (χ3v) is 1.91. The molecule has 0 bridgehead atoms. The number of aromatic carboxylic acids is 1. The Hall–Kier alpha value is -2.02. The molecule has 1 aromatic rings. The molecule has 0 saturated carbocycles. The highest BCUT2D eigenvalue weighted by Gasteiger charge is 2.08. The summed E-state index contributed by atoms with van der Waals surface area (Å²) < 4.78 is 5.27. The van der Waals surface area contributed by atoms with E-state index in [1.54, 1.807) is 19.9 Å². The Balaban J connectivity index is 2.94. The van der Waals surface area contributed by atoms with Gasteiger partial charge in [0, 0.05) is 0 Å². The number of hydrogen-bond acceptors (Lipinski definition) is 3. The fourth-order valence-electron chi connectivity index (χ4n) is 1.13. The standard InChI is InChI=1S/C11H11NO3/c1-7-5-9(11(13)14)3-4-10(7)15-8(2)6-12/h3-5,8H,1-2H3,(H,13,14). The van der Waals surface area contributed by atoms with E-state index in [-0.39, 0.29) is 5.56 Å². The molecule has 0 fully saturated rings. The number of carboxylic acid groups (broad SMARTS) is 1. The Morgan fingerprint density at radius 1 is 1.60 bits per heavy atom. The van der Waals surface area contributed by atoms with Crippen molar-refractivity contribution < 1.29 is 14.6 Å². The van der Waals surface area contributed by atoms with Gasteiger partial charge in [0.05, 0.1) is 5.56 Å². The van der Waals surface area contributed by atoms with E-state index in [0.717, 1.165) is 0 Å². The number of nitriles is 1. The Morgan fingerprint density at radius 3 is 2.73 bits per heavy atom. The molecule has 0 aromatic heterocycles. The summed E-state index contributed by atoms with van der Waals surface area (Å²) in [6.07, 6.45) is -0.542. The van der Waals surface area contributed by atoms with Crippen molar-refractivity contribution in [2.75, 3.05) is 0 Å². The van der Waals surface area contributed by atoms with Crippen molar-refractivity contribution in [1.82, 2.24) is 0 Å². The molecule has 0 saturated heterocycles. The molecule has 0 radical (unpaired) electrons. The summed E-state index contributed by atoms with van der Waals surface area (Å²) in [4.78, 5) is 10.6. The number of nitrogens with zero attached hydrogens (tertiary/aromatic N) is 1. The fourth-order valence-corrected chi connectivity index (χ4v) is 1.13. The molecule has 1 rings (SSSR count). The van der Waals surface area contributed by atoms with E-state index in [2.05, 4.69) is 0 Å². The molecule has 4 nitrogen and oxygen atoms in total. The minimum Gasteiger partial charge on any atom is -0.478 e. The van der Waals surface area contributed by atoms with Crippen LogP contribution in [0.1, 0.15) is 22.8 Å². The zero-order valence-electron chi connectivity index (χ0n) is 8.52. The maximum Gasteiger partial charge on any atom is 0.335 e. The van der Waals surface area contributed by atoms with Gasteiger partial charge >= 0.3 is 5.97 Å². The van der Waals surface area contributed by atoms with Crippen molar-refractivity contribution in [3.63, 3.8) is 0 Å². The molecule has 0 aliphatic heterocycles. The molecule has 1 unspecified atom stereocenters. The minimum atomic E-state index is -0.974. The van der Waals surface area contributed by atoms with Crippen LogP contribution in [0.25, 0.3) is 0 Å². The molecular weight excluding hydrogens is 194 g/mol. The smallest absolute Gasteiger partial charge is 0.335 e. The minimum absolute atomic E-state index is 0.212. The zero-order chi connectivity index (χ0) is 11.4. The van der Waals surface area contributed by atoms with Gasteiger partial charge in [-0.1, -0.05) is 0 Å². The van der Waals surface area contributed by atoms with Crippen molar-refractivity contribution in [3.05, 3.63) is 29.3 Å². The van der Waals surface area contributed by atoms with Gasteiger partial charge in [0.15, 0.2) is 6.10 Å². The van der Waals surface area contributed by atoms with E-state index in [4.69, 9.17) is 15.1 Å². The highest BCUT2D eigenvalue weighted by Crippen LogP contribution is 2.20.